The molecule has 0 heterocycles. The Morgan fingerprint density at radius 2 is 1.38 bits per heavy atom. The number of hydrogen-bond donors (Lipinski definition) is 1. The van der Waals surface area contributed by atoms with Gasteiger partial charge in [-0.3, -0.25) is 4.90 Å². The average Bonchev–Trinajstić information content (AvgIpc) is 2.56. The van der Waals surface area contributed by atoms with Crippen molar-refractivity contribution < 1.29 is 0 Å². The van der Waals surface area contributed by atoms with E-state index in [9.17, 15) is 0 Å². The van der Waals surface area contributed by atoms with Crippen molar-refractivity contribution in [3.05, 3.63) is 71.8 Å². The molecule has 2 nitrogen and oxygen atoms in total. The first kappa shape index (κ1) is 15.7. The lowest BCUT2D eigenvalue weighted by atomic mass is 9.92. The van der Waals surface area contributed by atoms with E-state index >= 15 is 0 Å². The first-order chi connectivity index (χ1) is 10.3. The number of benzene rings is 2. The highest BCUT2D eigenvalue weighted by molar-refractivity contribution is 5.27. The first-order valence-electron chi connectivity index (χ1n) is 7.81. The van der Waals surface area contributed by atoms with Gasteiger partial charge in [-0.15, -0.1) is 0 Å². The zero-order valence-corrected chi connectivity index (χ0v) is 13.3. The highest BCUT2D eigenvalue weighted by Crippen LogP contribution is 2.33. The number of rotatable bonds is 7. The molecule has 0 saturated heterocycles. The quantitative estimate of drug-likeness (QED) is 0.825. The van der Waals surface area contributed by atoms with Crippen LogP contribution in [0.3, 0.4) is 0 Å². The lowest BCUT2D eigenvalue weighted by Crippen LogP contribution is -2.36. The van der Waals surface area contributed by atoms with Gasteiger partial charge in [0, 0.05) is 0 Å². The topological polar surface area (TPSA) is 15.3 Å². The number of nitrogens with zero attached hydrogens (tertiary/aromatic N) is 1. The van der Waals surface area contributed by atoms with Gasteiger partial charge >= 0.3 is 0 Å². The van der Waals surface area contributed by atoms with Gasteiger partial charge in [0.1, 0.15) is 0 Å². The van der Waals surface area contributed by atoms with Crippen LogP contribution >= 0.6 is 0 Å². The van der Waals surface area contributed by atoms with E-state index in [-0.39, 0.29) is 0 Å². The molecule has 2 unspecified atom stereocenters. The largest absolute Gasteiger partial charge is 0.309 e. The molecule has 0 amide bonds. The van der Waals surface area contributed by atoms with Crippen molar-refractivity contribution in [1.29, 1.82) is 0 Å². The van der Waals surface area contributed by atoms with Crippen molar-refractivity contribution in [2.24, 2.45) is 0 Å². The molecule has 0 saturated carbocycles. The number of nitrogens with one attached hydrogen (secondary N) is 1. The van der Waals surface area contributed by atoms with Crippen LogP contribution in [0.15, 0.2) is 60.7 Å². The molecular formula is C19H26N2. The van der Waals surface area contributed by atoms with E-state index in [1.165, 1.54) is 11.1 Å². The lowest BCUT2D eigenvalue weighted by molar-refractivity contribution is 0.203. The molecule has 0 fully saturated rings. The van der Waals surface area contributed by atoms with E-state index < -0.39 is 0 Å². The molecule has 0 aliphatic carbocycles. The Morgan fingerprint density at radius 3 is 1.86 bits per heavy atom. The standard InChI is InChI=1S/C19H26N2/c1-4-20-18(16-12-8-6-9-13-16)19(21(3)5-2)17-14-10-7-11-15-17/h6-15,18-20H,4-5H2,1-3H3. The monoisotopic (exact) mass is 282 g/mol. The van der Waals surface area contributed by atoms with Crippen LogP contribution in [0.5, 0.6) is 0 Å². The van der Waals surface area contributed by atoms with Gasteiger partial charge in [0.05, 0.1) is 12.1 Å². The van der Waals surface area contributed by atoms with Gasteiger partial charge in [-0.2, -0.15) is 0 Å². The molecule has 2 atom stereocenters. The summed E-state index contributed by atoms with van der Waals surface area (Å²) in [5, 5.41) is 3.67. The summed E-state index contributed by atoms with van der Waals surface area (Å²) >= 11 is 0. The van der Waals surface area contributed by atoms with Crippen LogP contribution < -0.4 is 5.32 Å². The molecule has 0 bridgehead atoms. The Labute approximate surface area is 128 Å². The summed E-state index contributed by atoms with van der Waals surface area (Å²) in [6.45, 7) is 6.36. The molecular weight excluding hydrogens is 256 g/mol. The summed E-state index contributed by atoms with van der Waals surface area (Å²) < 4.78 is 0. The normalized spacial score (nSPS) is 14.1. The summed E-state index contributed by atoms with van der Waals surface area (Å²) in [5.74, 6) is 0. The molecule has 2 rings (SSSR count). The first-order valence-corrected chi connectivity index (χ1v) is 7.81. The minimum atomic E-state index is 0.295. The highest BCUT2D eigenvalue weighted by Gasteiger charge is 2.26. The maximum absolute atomic E-state index is 3.67. The highest BCUT2D eigenvalue weighted by atomic mass is 15.2. The van der Waals surface area contributed by atoms with E-state index in [1.54, 1.807) is 0 Å². The summed E-state index contributed by atoms with van der Waals surface area (Å²) in [6, 6.07) is 22.2. The number of likely N-dealkylation sites (N-methyl/N-ethyl adjacent to an activating group) is 2. The van der Waals surface area contributed by atoms with Gasteiger partial charge in [0.25, 0.3) is 0 Å². The Kier molecular flexibility index (Phi) is 5.97. The summed E-state index contributed by atoms with van der Waals surface area (Å²) in [6.07, 6.45) is 0. The van der Waals surface area contributed by atoms with Gasteiger partial charge in [0.2, 0.25) is 0 Å². The van der Waals surface area contributed by atoms with E-state index in [1.807, 2.05) is 0 Å². The Hall–Kier alpha value is -1.64. The minimum Gasteiger partial charge on any atom is -0.309 e. The van der Waals surface area contributed by atoms with E-state index in [2.05, 4.69) is 91.8 Å². The zero-order chi connectivity index (χ0) is 15.1. The van der Waals surface area contributed by atoms with Crippen molar-refractivity contribution in [2.45, 2.75) is 25.9 Å². The van der Waals surface area contributed by atoms with Gasteiger partial charge in [-0.1, -0.05) is 74.5 Å². The molecule has 21 heavy (non-hydrogen) atoms. The maximum atomic E-state index is 3.67. The fourth-order valence-corrected chi connectivity index (χ4v) is 2.84. The summed E-state index contributed by atoms with van der Waals surface area (Å²) in [7, 11) is 2.20. The minimum absolute atomic E-state index is 0.295. The summed E-state index contributed by atoms with van der Waals surface area (Å²) in [5.41, 5.74) is 2.70. The van der Waals surface area contributed by atoms with Gasteiger partial charge in [-0.05, 0) is 31.3 Å². The molecule has 0 spiro atoms. The van der Waals surface area contributed by atoms with E-state index in [0.29, 0.717) is 12.1 Å². The fraction of sp³-hybridized carbons (Fsp3) is 0.368. The third kappa shape index (κ3) is 3.93. The summed E-state index contributed by atoms with van der Waals surface area (Å²) in [4.78, 5) is 2.41. The molecule has 0 aliphatic rings. The predicted octanol–water partition coefficient (Wildman–Crippen LogP) is 4.03. The second-order valence-electron chi connectivity index (χ2n) is 5.37. The second-order valence-corrected chi connectivity index (χ2v) is 5.37. The Bertz CT molecular complexity index is 510. The predicted molar refractivity (Wildman–Crippen MR) is 90.3 cm³/mol. The van der Waals surface area contributed by atoms with Crippen molar-refractivity contribution in [1.82, 2.24) is 10.2 Å². The molecule has 2 aromatic carbocycles. The van der Waals surface area contributed by atoms with E-state index in [4.69, 9.17) is 0 Å². The van der Waals surface area contributed by atoms with Gasteiger partial charge in [-0.25, -0.2) is 0 Å². The smallest absolute Gasteiger partial charge is 0.0540 e. The van der Waals surface area contributed by atoms with Crippen LogP contribution in [-0.4, -0.2) is 25.0 Å². The Balaban J connectivity index is 2.41. The van der Waals surface area contributed by atoms with Crippen molar-refractivity contribution in [3.8, 4) is 0 Å². The third-order valence-electron chi connectivity index (χ3n) is 4.01. The average molecular weight is 282 g/mol. The molecule has 2 heteroatoms. The van der Waals surface area contributed by atoms with Crippen LogP contribution in [0.25, 0.3) is 0 Å². The van der Waals surface area contributed by atoms with Crippen LogP contribution in [0.1, 0.15) is 37.1 Å². The van der Waals surface area contributed by atoms with Crippen LogP contribution in [0.4, 0.5) is 0 Å². The van der Waals surface area contributed by atoms with E-state index in [0.717, 1.165) is 13.1 Å². The molecule has 0 radical (unpaired) electrons. The zero-order valence-electron chi connectivity index (χ0n) is 13.3. The number of hydrogen-bond acceptors (Lipinski definition) is 2. The van der Waals surface area contributed by atoms with Crippen molar-refractivity contribution in [3.63, 3.8) is 0 Å². The van der Waals surface area contributed by atoms with Crippen LogP contribution in [-0.2, 0) is 0 Å². The molecule has 1 N–H and O–H groups in total. The Morgan fingerprint density at radius 1 is 0.857 bits per heavy atom. The maximum Gasteiger partial charge on any atom is 0.0540 e. The molecule has 0 aliphatic heterocycles. The second kappa shape index (κ2) is 7.96. The third-order valence-corrected chi connectivity index (χ3v) is 4.01. The fourth-order valence-electron chi connectivity index (χ4n) is 2.84. The van der Waals surface area contributed by atoms with Crippen molar-refractivity contribution >= 4 is 0 Å². The van der Waals surface area contributed by atoms with Gasteiger partial charge in [0.15, 0.2) is 0 Å². The van der Waals surface area contributed by atoms with Crippen LogP contribution in [0, 0.1) is 0 Å². The SMILES string of the molecule is CCNC(c1ccccc1)C(c1ccccc1)N(C)CC. The molecule has 0 aromatic heterocycles. The molecule has 112 valence electrons. The van der Waals surface area contributed by atoms with Crippen LogP contribution in [0.2, 0.25) is 0 Å². The molecule has 2 aromatic rings. The lowest BCUT2D eigenvalue weighted by Gasteiger charge is -2.35. The van der Waals surface area contributed by atoms with Gasteiger partial charge < -0.3 is 5.32 Å². The van der Waals surface area contributed by atoms with Crippen molar-refractivity contribution in [2.75, 3.05) is 20.1 Å².